The SMILES string of the molecule is CN1CC[C@@](O)(c2ccc(F)c(F)c2)[C@H](C(=O)c2ccc(F)c(F)c2)C1. The van der Waals surface area contributed by atoms with Crippen LogP contribution in [0.1, 0.15) is 22.3 Å². The number of Topliss-reactive ketones (excluding diaryl/α,β-unsaturated/α-hetero) is 1. The van der Waals surface area contributed by atoms with Gasteiger partial charge in [-0.3, -0.25) is 4.79 Å². The monoisotopic (exact) mass is 367 g/mol. The molecule has 3 nitrogen and oxygen atoms in total. The molecule has 2 aromatic carbocycles. The van der Waals surface area contributed by atoms with Gasteiger partial charge < -0.3 is 10.0 Å². The maximum Gasteiger partial charge on any atom is 0.170 e. The van der Waals surface area contributed by atoms with E-state index in [0.717, 1.165) is 30.3 Å². The maximum absolute atomic E-state index is 13.7. The molecule has 138 valence electrons. The molecule has 0 unspecified atom stereocenters. The number of carbonyl (C=O) groups excluding carboxylic acids is 1. The van der Waals surface area contributed by atoms with Crippen molar-refractivity contribution >= 4 is 5.78 Å². The van der Waals surface area contributed by atoms with Crippen LogP contribution >= 0.6 is 0 Å². The van der Waals surface area contributed by atoms with E-state index in [0.29, 0.717) is 6.54 Å². The Kier molecular flexibility index (Phi) is 4.86. The highest BCUT2D eigenvalue weighted by atomic mass is 19.2. The molecular weight excluding hydrogens is 350 g/mol. The van der Waals surface area contributed by atoms with Gasteiger partial charge in [0.05, 0.1) is 5.92 Å². The molecule has 2 aromatic rings. The third kappa shape index (κ3) is 3.24. The number of hydrogen-bond acceptors (Lipinski definition) is 3. The Balaban J connectivity index is 2.03. The molecule has 0 amide bonds. The lowest BCUT2D eigenvalue weighted by Crippen LogP contribution is -2.52. The first kappa shape index (κ1) is 18.5. The Morgan fingerprint density at radius 1 is 1.04 bits per heavy atom. The van der Waals surface area contributed by atoms with E-state index >= 15 is 0 Å². The third-order valence-corrected chi connectivity index (χ3v) is 4.89. The van der Waals surface area contributed by atoms with Gasteiger partial charge in [-0.05, 0) is 49.4 Å². The molecule has 1 aliphatic heterocycles. The lowest BCUT2D eigenvalue weighted by Gasteiger charge is -2.43. The zero-order chi connectivity index (χ0) is 19.1. The molecule has 0 aromatic heterocycles. The lowest BCUT2D eigenvalue weighted by atomic mass is 9.72. The standard InChI is InChI=1S/C19H17F4NO2/c1-24-7-6-19(26,12-3-5-15(21)17(23)9-12)13(10-24)18(25)11-2-4-14(20)16(22)8-11/h2-5,8-9,13,26H,6-7,10H2,1H3/t13-,19+/m0/s1. The number of benzene rings is 2. The Morgan fingerprint density at radius 2 is 1.65 bits per heavy atom. The molecule has 0 saturated carbocycles. The van der Waals surface area contributed by atoms with E-state index in [1.807, 2.05) is 0 Å². The van der Waals surface area contributed by atoms with Crippen molar-refractivity contribution in [1.29, 1.82) is 0 Å². The van der Waals surface area contributed by atoms with Crippen molar-refractivity contribution in [3.63, 3.8) is 0 Å². The quantitative estimate of drug-likeness (QED) is 0.669. The van der Waals surface area contributed by atoms with Crippen LogP contribution in [0, 0.1) is 29.2 Å². The van der Waals surface area contributed by atoms with Crippen molar-refractivity contribution in [2.75, 3.05) is 20.1 Å². The Labute approximate surface area is 147 Å². The number of likely N-dealkylation sites (tertiary alicyclic amines) is 1. The largest absolute Gasteiger partial charge is 0.384 e. The highest BCUT2D eigenvalue weighted by molar-refractivity contribution is 5.99. The van der Waals surface area contributed by atoms with Gasteiger partial charge in [-0.15, -0.1) is 0 Å². The summed E-state index contributed by atoms with van der Waals surface area (Å²) in [5.41, 5.74) is -1.76. The molecule has 7 heteroatoms. The fourth-order valence-electron chi connectivity index (χ4n) is 3.35. The summed E-state index contributed by atoms with van der Waals surface area (Å²) in [6.45, 7) is 0.560. The summed E-state index contributed by atoms with van der Waals surface area (Å²) in [4.78, 5) is 14.7. The predicted octanol–water partition coefficient (Wildman–Crippen LogP) is 3.27. The number of ketones is 1. The van der Waals surface area contributed by atoms with Crippen molar-refractivity contribution in [2.45, 2.75) is 12.0 Å². The molecule has 0 bridgehead atoms. The summed E-state index contributed by atoms with van der Waals surface area (Å²) in [6.07, 6.45) is 0.106. The Morgan fingerprint density at radius 3 is 2.27 bits per heavy atom. The van der Waals surface area contributed by atoms with E-state index in [2.05, 4.69) is 0 Å². The van der Waals surface area contributed by atoms with E-state index in [1.165, 1.54) is 6.07 Å². The normalized spacial score (nSPS) is 23.8. The summed E-state index contributed by atoms with van der Waals surface area (Å²) < 4.78 is 53.6. The molecule has 0 radical (unpaired) electrons. The van der Waals surface area contributed by atoms with Crippen LogP contribution in [0.2, 0.25) is 0 Å². The second-order valence-corrected chi connectivity index (χ2v) is 6.61. The highest BCUT2D eigenvalue weighted by Crippen LogP contribution is 2.39. The van der Waals surface area contributed by atoms with Gasteiger partial charge in [0.1, 0.15) is 5.60 Å². The van der Waals surface area contributed by atoms with Crippen molar-refractivity contribution in [2.24, 2.45) is 5.92 Å². The van der Waals surface area contributed by atoms with Crippen LogP contribution in [0.25, 0.3) is 0 Å². The van der Waals surface area contributed by atoms with Crippen molar-refractivity contribution in [3.8, 4) is 0 Å². The van der Waals surface area contributed by atoms with Crippen LogP contribution in [-0.2, 0) is 5.60 Å². The zero-order valence-electron chi connectivity index (χ0n) is 14.0. The number of piperidine rings is 1. The highest BCUT2D eigenvalue weighted by Gasteiger charge is 2.46. The second-order valence-electron chi connectivity index (χ2n) is 6.61. The van der Waals surface area contributed by atoms with E-state index in [1.54, 1.807) is 11.9 Å². The fraction of sp³-hybridized carbons (Fsp3) is 0.316. The van der Waals surface area contributed by atoms with Gasteiger partial charge in [0.2, 0.25) is 0 Å². The molecule has 2 atom stereocenters. The minimum absolute atomic E-state index is 0.0745. The van der Waals surface area contributed by atoms with Gasteiger partial charge in [-0.1, -0.05) is 6.07 Å². The average Bonchev–Trinajstić information content (AvgIpc) is 2.61. The van der Waals surface area contributed by atoms with Crippen LogP contribution in [0.5, 0.6) is 0 Å². The van der Waals surface area contributed by atoms with E-state index < -0.39 is 40.6 Å². The molecule has 1 saturated heterocycles. The van der Waals surface area contributed by atoms with Gasteiger partial charge in [-0.2, -0.15) is 0 Å². The smallest absolute Gasteiger partial charge is 0.170 e. The summed E-state index contributed by atoms with van der Waals surface area (Å²) in [5.74, 6) is -6.09. The summed E-state index contributed by atoms with van der Waals surface area (Å²) in [5, 5.41) is 11.2. The Bertz CT molecular complexity index is 857. The zero-order valence-corrected chi connectivity index (χ0v) is 14.0. The number of halogens is 4. The van der Waals surface area contributed by atoms with Gasteiger partial charge >= 0.3 is 0 Å². The van der Waals surface area contributed by atoms with Crippen LogP contribution in [0.3, 0.4) is 0 Å². The predicted molar refractivity (Wildman–Crippen MR) is 86.5 cm³/mol. The van der Waals surface area contributed by atoms with Crippen LogP contribution in [-0.4, -0.2) is 35.9 Å². The van der Waals surface area contributed by atoms with Gasteiger partial charge in [-0.25, -0.2) is 17.6 Å². The van der Waals surface area contributed by atoms with Crippen LogP contribution in [0.15, 0.2) is 36.4 Å². The Hall–Kier alpha value is -2.25. The van der Waals surface area contributed by atoms with Crippen molar-refractivity contribution in [1.82, 2.24) is 4.90 Å². The number of carbonyl (C=O) groups is 1. The van der Waals surface area contributed by atoms with Gasteiger partial charge in [0, 0.05) is 18.7 Å². The molecule has 1 N–H and O–H groups in total. The first-order chi connectivity index (χ1) is 12.2. The van der Waals surface area contributed by atoms with Gasteiger partial charge in [0.25, 0.3) is 0 Å². The number of rotatable bonds is 3. The van der Waals surface area contributed by atoms with Crippen molar-refractivity contribution in [3.05, 3.63) is 70.8 Å². The maximum atomic E-state index is 13.7. The molecule has 0 spiro atoms. The summed E-state index contributed by atoms with van der Waals surface area (Å²) in [7, 11) is 1.75. The topological polar surface area (TPSA) is 40.5 Å². The molecule has 3 rings (SSSR count). The molecule has 26 heavy (non-hydrogen) atoms. The fourth-order valence-corrected chi connectivity index (χ4v) is 3.35. The number of nitrogens with zero attached hydrogens (tertiary/aromatic N) is 1. The molecule has 0 aliphatic carbocycles. The average molecular weight is 367 g/mol. The van der Waals surface area contributed by atoms with E-state index in [-0.39, 0.29) is 24.1 Å². The van der Waals surface area contributed by atoms with Gasteiger partial charge in [0.15, 0.2) is 29.1 Å². The second kappa shape index (κ2) is 6.81. The first-order valence-electron chi connectivity index (χ1n) is 8.08. The van der Waals surface area contributed by atoms with E-state index in [4.69, 9.17) is 0 Å². The summed E-state index contributed by atoms with van der Waals surface area (Å²) >= 11 is 0. The molecular formula is C19H17F4NO2. The number of aliphatic hydroxyl groups is 1. The molecule has 1 fully saturated rings. The minimum atomic E-state index is -1.75. The summed E-state index contributed by atoms with van der Waals surface area (Å²) in [6, 6.07) is 5.74. The first-order valence-corrected chi connectivity index (χ1v) is 8.08. The number of hydrogen-bond donors (Lipinski definition) is 1. The van der Waals surface area contributed by atoms with E-state index in [9.17, 15) is 27.5 Å². The van der Waals surface area contributed by atoms with Crippen molar-refractivity contribution < 1.29 is 27.5 Å². The molecule has 1 aliphatic rings. The minimum Gasteiger partial charge on any atom is -0.384 e. The lowest BCUT2D eigenvalue weighted by molar-refractivity contribution is -0.0596. The third-order valence-electron chi connectivity index (χ3n) is 4.89. The van der Waals surface area contributed by atoms with Crippen LogP contribution < -0.4 is 0 Å². The van der Waals surface area contributed by atoms with Crippen LogP contribution in [0.4, 0.5) is 17.6 Å². The molecule has 1 heterocycles.